The number of carbonyl (C=O) groups is 1. The minimum atomic E-state index is -3.44. The van der Waals surface area contributed by atoms with Crippen molar-refractivity contribution in [2.75, 3.05) is 13.1 Å². The second-order valence-corrected chi connectivity index (χ2v) is 5.96. The van der Waals surface area contributed by atoms with E-state index in [1.54, 1.807) is 0 Å². The lowest BCUT2D eigenvalue weighted by Gasteiger charge is -2.15. The topological polar surface area (TPSA) is 54.5 Å². The Balaban J connectivity index is 2.31. The van der Waals surface area contributed by atoms with E-state index in [1.165, 1.54) is 28.6 Å². The molecule has 0 aromatic heterocycles. The fraction of sp³-hybridized carbons (Fsp3) is 0.250. The first-order valence-electron chi connectivity index (χ1n) is 5.26. The van der Waals surface area contributed by atoms with Crippen LogP contribution in [0.2, 0.25) is 0 Å². The molecule has 0 unspecified atom stereocenters. The van der Waals surface area contributed by atoms with Gasteiger partial charge in [0.25, 0.3) is 0 Å². The zero-order valence-corrected chi connectivity index (χ0v) is 10.1. The van der Waals surface area contributed by atoms with Gasteiger partial charge in [0.2, 0.25) is 10.0 Å². The molecule has 1 aromatic carbocycles. The predicted molar refractivity (Wildman–Crippen MR) is 64.3 cm³/mol. The zero-order chi connectivity index (χ0) is 12.5. The highest BCUT2D eigenvalue weighted by molar-refractivity contribution is 7.89. The van der Waals surface area contributed by atoms with Crippen LogP contribution < -0.4 is 0 Å². The molecular formula is C12H13NO3S. The van der Waals surface area contributed by atoms with Crippen LogP contribution in [-0.2, 0) is 10.0 Å². The molecule has 1 fully saturated rings. The average molecular weight is 251 g/mol. The van der Waals surface area contributed by atoms with Crippen LogP contribution in [0.5, 0.6) is 0 Å². The van der Waals surface area contributed by atoms with E-state index in [2.05, 4.69) is 6.58 Å². The molecule has 0 radical (unpaired) electrons. The van der Waals surface area contributed by atoms with Gasteiger partial charge in [-0.15, -0.1) is 0 Å². The van der Waals surface area contributed by atoms with Gasteiger partial charge in [0.05, 0.1) is 4.90 Å². The second-order valence-electron chi connectivity index (χ2n) is 4.03. The highest BCUT2D eigenvalue weighted by Gasteiger charge is 2.28. The zero-order valence-electron chi connectivity index (χ0n) is 9.30. The number of rotatable bonds is 3. The number of hydrogen-bond donors (Lipinski definition) is 0. The molecule has 1 aliphatic rings. The third-order valence-electron chi connectivity index (χ3n) is 2.77. The van der Waals surface area contributed by atoms with Gasteiger partial charge in [0, 0.05) is 18.7 Å². The Kier molecular flexibility index (Phi) is 3.13. The second kappa shape index (κ2) is 4.43. The van der Waals surface area contributed by atoms with Crippen molar-refractivity contribution in [1.29, 1.82) is 0 Å². The summed E-state index contributed by atoms with van der Waals surface area (Å²) in [5, 5.41) is 0. The molecule has 4 nitrogen and oxygen atoms in total. The maximum absolute atomic E-state index is 12.2. The summed E-state index contributed by atoms with van der Waals surface area (Å²) in [7, 11) is -3.44. The lowest BCUT2D eigenvalue weighted by molar-refractivity contribution is 0.112. The summed E-state index contributed by atoms with van der Waals surface area (Å²) in [6, 6.07) is 5.93. The van der Waals surface area contributed by atoms with Crippen LogP contribution >= 0.6 is 0 Å². The van der Waals surface area contributed by atoms with Gasteiger partial charge < -0.3 is 0 Å². The maximum atomic E-state index is 12.2. The molecule has 90 valence electrons. The van der Waals surface area contributed by atoms with Crippen LogP contribution in [0.1, 0.15) is 16.8 Å². The highest BCUT2D eigenvalue weighted by atomic mass is 32.2. The van der Waals surface area contributed by atoms with E-state index < -0.39 is 10.0 Å². The number of carbonyl (C=O) groups excluding carboxylic acids is 1. The first-order valence-corrected chi connectivity index (χ1v) is 6.70. The van der Waals surface area contributed by atoms with Crippen LogP contribution in [0.15, 0.2) is 41.3 Å². The predicted octanol–water partition coefficient (Wildman–Crippen LogP) is 1.45. The number of benzene rings is 1. The molecular weight excluding hydrogens is 238 g/mol. The molecule has 0 spiro atoms. The molecule has 0 bridgehead atoms. The minimum Gasteiger partial charge on any atom is -0.298 e. The Labute approximate surface area is 101 Å². The number of sulfonamides is 1. The van der Waals surface area contributed by atoms with E-state index in [1.807, 2.05) is 0 Å². The van der Waals surface area contributed by atoms with E-state index in [9.17, 15) is 13.2 Å². The van der Waals surface area contributed by atoms with Crippen LogP contribution in [0.25, 0.3) is 0 Å². The van der Waals surface area contributed by atoms with Gasteiger partial charge in [-0.3, -0.25) is 4.79 Å². The van der Waals surface area contributed by atoms with Gasteiger partial charge in [-0.2, -0.15) is 4.31 Å². The molecule has 0 atom stereocenters. The summed E-state index contributed by atoms with van der Waals surface area (Å²) in [5.41, 5.74) is 1.40. The minimum absolute atomic E-state index is 0.220. The molecule has 0 aliphatic carbocycles. The monoisotopic (exact) mass is 251 g/mol. The Morgan fingerprint density at radius 3 is 2.35 bits per heavy atom. The molecule has 0 N–H and O–H groups in total. The molecule has 1 aliphatic heterocycles. The van der Waals surface area contributed by atoms with Crippen molar-refractivity contribution in [3.63, 3.8) is 0 Å². The number of nitrogens with zero attached hydrogens (tertiary/aromatic N) is 1. The molecule has 1 saturated heterocycles. The van der Waals surface area contributed by atoms with E-state index in [0.717, 1.165) is 5.57 Å². The molecule has 1 heterocycles. The average Bonchev–Trinajstić information content (AvgIpc) is 2.77. The Morgan fingerprint density at radius 1 is 1.24 bits per heavy atom. The summed E-state index contributed by atoms with van der Waals surface area (Å²) in [5.74, 6) is 0. The van der Waals surface area contributed by atoms with Gasteiger partial charge in [-0.05, 0) is 18.6 Å². The first kappa shape index (κ1) is 12.0. The molecule has 17 heavy (non-hydrogen) atoms. The van der Waals surface area contributed by atoms with Gasteiger partial charge in [-0.1, -0.05) is 24.3 Å². The molecule has 0 saturated carbocycles. The number of hydrogen-bond acceptors (Lipinski definition) is 3. The van der Waals surface area contributed by atoms with Gasteiger partial charge in [0.15, 0.2) is 0 Å². The van der Waals surface area contributed by atoms with Gasteiger partial charge >= 0.3 is 0 Å². The fourth-order valence-electron chi connectivity index (χ4n) is 1.76. The summed E-state index contributed by atoms with van der Waals surface area (Å²) in [6.45, 7) is 4.66. The molecule has 1 aromatic rings. The number of aldehydes is 1. The maximum Gasteiger partial charge on any atom is 0.243 e. The van der Waals surface area contributed by atoms with Crippen molar-refractivity contribution >= 4 is 16.3 Å². The Bertz CT molecular complexity index is 546. The van der Waals surface area contributed by atoms with E-state index in [0.29, 0.717) is 31.4 Å². The molecule has 2 rings (SSSR count). The lowest BCUT2D eigenvalue weighted by Crippen LogP contribution is -2.27. The fourth-order valence-corrected chi connectivity index (χ4v) is 3.23. The summed E-state index contributed by atoms with van der Waals surface area (Å²) < 4.78 is 25.8. The smallest absolute Gasteiger partial charge is 0.243 e. The quantitative estimate of drug-likeness (QED) is 0.603. The van der Waals surface area contributed by atoms with Crippen LogP contribution in [0.3, 0.4) is 0 Å². The molecule has 5 heteroatoms. The van der Waals surface area contributed by atoms with Crippen molar-refractivity contribution in [2.24, 2.45) is 0 Å². The van der Waals surface area contributed by atoms with Gasteiger partial charge in [0.1, 0.15) is 6.29 Å². The van der Waals surface area contributed by atoms with Crippen molar-refractivity contribution in [3.05, 3.63) is 42.0 Å². The van der Waals surface area contributed by atoms with Crippen molar-refractivity contribution in [2.45, 2.75) is 11.3 Å². The first-order chi connectivity index (χ1) is 8.04. The SMILES string of the molecule is C=C1CCN(S(=O)(=O)c2ccc(C=O)cc2)C1. The normalized spacial score (nSPS) is 17.3. The largest absolute Gasteiger partial charge is 0.298 e. The summed E-state index contributed by atoms with van der Waals surface area (Å²) >= 11 is 0. The Hall–Kier alpha value is -1.46. The summed E-state index contributed by atoms with van der Waals surface area (Å²) in [6.07, 6.45) is 1.40. The van der Waals surface area contributed by atoms with Crippen LogP contribution in [0, 0.1) is 0 Å². The lowest BCUT2D eigenvalue weighted by atomic mass is 10.2. The summed E-state index contributed by atoms with van der Waals surface area (Å²) in [4.78, 5) is 10.7. The van der Waals surface area contributed by atoms with Gasteiger partial charge in [-0.25, -0.2) is 8.42 Å². The van der Waals surface area contributed by atoms with Crippen molar-refractivity contribution in [3.8, 4) is 0 Å². The third-order valence-corrected chi connectivity index (χ3v) is 4.63. The van der Waals surface area contributed by atoms with Crippen LogP contribution in [-0.4, -0.2) is 32.1 Å². The van der Waals surface area contributed by atoms with E-state index >= 15 is 0 Å². The Morgan fingerprint density at radius 2 is 1.88 bits per heavy atom. The van der Waals surface area contributed by atoms with Crippen molar-refractivity contribution in [1.82, 2.24) is 4.31 Å². The molecule has 0 amide bonds. The van der Waals surface area contributed by atoms with E-state index in [4.69, 9.17) is 0 Å². The highest BCUT2D eigenvalue weighted by Crippen LogP contribution is 2.22. The third kappa shape index (κ3) is 2.30. The van der Waals surface area contributed by atoms with Crippen LogP contribution in [0.4, 0.5) is 0 Å². The van der Waals surface area contributed by atoms with E-state index in [-0.39, 0.29) is 4.90 Å². The van der Waals surface area contributed by atoms with Crippen molar-refractivity contribution < 1.29 is 13.2 Å². The standard InChI is InChI=1S/C12H13NO3S/c1-10-6-7-13(8-10)17(15,16)12-4-2-11(9-14)3-5-12/h2-5,9H,1,6-8H2.